The molecule has 0 aliphatic heterocycles. The van der Waals surface area contributed by atoms with Crippen molar-refractivity contribution in [3.63, 3.8) is 0 Å². The molecule has 1 aliphatic rings. The molecule has 2 atom stereocenters. The molecule has 0 unspecified atom stereocenters. The normalized spacial score (nSPS) is 14.9. The Morgan fingerprint density at radius 3 is 1.50 bits per heavy atom. The Bertz CT molecular complexity index is 832. The van der Waals surface area contributed by atoms with Crippen LogP contribution in [0.3, 0.4) is 0 Å². The maximum Gasteiger partial charge on any atom is 0.196 e. The Hall–Kier alpha value is -2.12. The molecule has 6 nitrogen and oxygen atoms in total. The first-order valence-corrected chi connectivity index (χ1v) is 9.86. The van der Waals surface area contributed by atoms with Crippen LogP contribution in [0.15, 0.2) is 36.4 Å². The maximum atomic E-state index is 13.2. The fourth-order valence-electron chi connectivity index (χ4n) is 3.08. The van der Waals surface area contributed by atoms with E-state index in [4.69, 9.17) is 23.2 Å². The van der Waals surface area contributed by atoms with E-state index < -0.39 is 12.2 Å². The second-order valence-electron chi connectivity index (χ2n) is 6.49. The number of alkyl halides is 2. The zero-order valence-electron chi connectivity index (χ0n) is 14.9. The lowest BCUT2D eigenvalue weighted by Gasteiger charge is -2.24. The third kappa shape index (κ3) is 4.00. The van der Waals surface area contributed by atoms with E-state index in [1.54, 1.807) is 36.4 Å². The summed E-state index contributed by atoms with van der Waals surface area (Å²) in [7, 11) is 0. The monoisotopic (exact) mass is 422 g/mol. The Labute approximate surface area is 172 Å². The number of aliphatic hydroxyl groups is 2. The average Bonchev–Trinajstić information content (AvgIpc) is 2.73. The highest BCUT2D eigenvalue weighted by Crippen LogP contribution is 2.36. The molecule has 2 aromatic carbocycles. The van der Waals surface area contributed by atoms with Crippen LogP contribution in [0.2, 0.25) is 0 Å². The van der Waals surface area contributed by atoms with Crippen molar-refractivity contribution in [3.05, 3.63) is 58.7 Å². The number of hydrogen-bond donors (Lipinski definition) is 4. The second-order valence-corrected chi connectivity index (χ2v) is 7.11. The van der Waals surface area contributed by atoms with Gasteiger partial charge in [0.25, 0.3) is 0 Å². The molecule has 3 rings (SSSR count). The number of aliphatic hydroxyl groups excluding tert-OH is 2. The summed E-state index contributed by atoms with van der Waals surface area (Å²) in [6.07, 6.45) is -1.59. The van der Waals surface area contributed by atoms with Gasteiger partial charge in [0.2, 0.25) is 0 Å². The molecule has 1 aliphatic carbocycles. The molecular formula is C20H20Cl2N2O4. The number of hydrogen-bond acceptors (Lipinski definition) is 6. The number of rotatable bonds is 8. The van der Waals surface area contributed by atoms with Crippen LogP contribution in [0.5, 0.6) is 0 Å². The molecule has 0 saturated carbocycles. The first-order chi connectivity index (χ1) is 13.5. The molecule has 8 heteroatoms. The van der Waals surface area contributed by atoms with Gasteiger partial charge in [0.15, 0.2) is 11.6 Å². The summed E-state index contributed by atoms with van der Waals surface area (Å²) in [5.41, 5.74) is 2.01. The number of halogens is 2. The van der Waals surface area contributed by atoms with Crippen LogP contribution in [0.4, 0.5) is 11.4 Å². The van der Waals surface area contributed by atoms with Gasteiger partial charge in [0, 0.05) is 35.6 Å². The predicted octanol–water partition coefficient (Wildman–Crippen LogP) is 2.49. The van der Waals surface area contributed by atoms with Gasteiger partial charge in [0.05, 0.1) is 35.1 Å². The van der Waals surface area contributed by atoms with Crippen LogP contribution in [0, 0.1) is 0 Å². The van der Waals surface area contributed by atoms with E-state index in [9.17, 15) is 19.8 Å². The maximum absolute atomic E-state index is 13.2. The molecule has 0 radical (unpaired) electrons. The molecular weight excluding hydrogens is 403 g/mol. The summed E-state index contributed by atoms with van der Waals surface area (Å²) >= 11 is 11.3. The second kappa shape index (κ2) is 8.92. The minimum absolute atomic E-state index is 0.0425. The van der Waals surface area contributed by atoms with Crippen LogP contribution in [0.25, 0.3) is 0 Å². The van der Waals surface area contributed by atoms with E-state index in [0.29, 0.717) is 22.5 Å². The van der Waals surface area contributed by atoms with Gasteiger partial charge < -0.3 is 20.8 Å². The lowest BCUT2D eigenvalue weighted by atomic mass is 9.82. The number of anilines is 2. The SMILES string of the molecule is O=C1c2ccccc2C(=O)c2c(NC[C@@H](O)CCl)ccc(NC[C@H](O)CCl)c21. The zero-order valence-corrected chi connectivity index (χ0v) is 16.4. The van der Waals surface area contributed by atoms with Crippen molar-refractivity contribution in [3.8, 4) is 0 Å². The summed E-state index contributed by atoms with van der Waals surface area (Å²) in [6, 6.07) is 9.97. The molecule has 2 aromatic rings. The van der Waals surface area contributed by atoms with Gasteiger partial charge in [-0.15, -0.1) is 23.2 Å². The molecule has 4 N–H and O–H groups in total. The van der Waals surface area contributed by atoms with Gasteiger partial charge >= 0.3 is 0 Å². The zero-order chi connectivity index (χ0) is 20.3. The largest absolute Gasteiger partial charge is 0.390 e. The van der Waals surface area contributed by atoms with Gasteiger partial charge in [-0.2, -0.15) is 0 Å². The summed E-state index contributed by atoms with van der Waals surface area (Å²) < 4.78 is 0. The van der Waals surface area contributed by atoms with E-state index in [2.05, 4.69) is 10.6 Å². The Morgan fingerprint density at radius 2 is 1.14 bits per heavy atom. The molecule has 0 fully saturated rings. The first kappa shape index (κ1) is 20.6. The highest BCUT2D eigenvalue weighted by atomic mass is 35.5. The molecule has 0 amide bonds. The average molecular weight is 423 g/mol. The van der Waals surface area contributed by atoms with E-state index in [1.165, 1.54) is 0 Å². The van der Waals surface area contributed by atoms with Gasteiger partial charge in [-0.05, 0) is 12.1 Å². The van der Waals surface area contributed by atoms with Gasteiger partial charge in [-0.25, -0.2) is 0 Å². The smallest absolute Gasteiger partial charge is 0.196 e. The van der Waals surface area contributed by atoms with Crippen molar-refractivity contribution < 1.29 is 19.8 Å². The Morgan fingerprint density at radius 1 is 0.750 bits per heavy atom. The van der Waals surface area contributed by atoms with Crippen LogP contribution in [0.1, 0.15) is 31.8 Å². The molecule has 28 heavy (non-hydrogen) atoms. The van der Waals surface area contributed by atoms with Gasteiger partial charge in [-0.1, -0.05) is 24.3 Å². The van der Waals surface area contributed by atoms with Crippen molar-refractivity contribution in [2.24, 2.45) is 0 Å². The number of ketones is 2. The van der Waals surface area contributed by atoms with Crippen LogP contribution >= 0.6 is 23.2 Å². The first-order valence-electron chi connectivity index (χ1n) is 8.79. The van der Waals surface area contributed by atoms with Crippen LogP contribution in [-0.4, -0.2) is 58.8 Å². The number of carbonyl (C=O) groups excluding carboxylic acids is 2. The molecule has 0 saturated heterocycles. The van der Waals surface area contributed by atoms with Crippen molar-refractivity contribution in [1.82, 2.24) is 0 Å². The Kier molecular flexibility index (Phi) is 6.57. The summed E-state index contributed by atoms with van der Waals surface area (Å²) in [5.74, 6) is -0.481. The molecule has 0 aromatic heterocycles. The lowest BCUT2D eigenvalue weighted by Crippen LogP contribution is -2.28. The van der Waals surface area contributed by atoms with Crippen molar-refractivity contribution in [2.75, 3.05) is 35.5 Å². The third-order valence-electron chi connectivity index (χ3n) is 4.49. The molecule has 0 bridgehead atoms. The minimum Gasteiger partial charge on any atom is -0.390 e. The lowest BCUT2D eigenvalue weighted by molar-refractivity contribution is 0.0980. The number of carbonyl (C=O) groups is 2. The predicted molar refractivity (Wildman–Crippen MR) is 110 cm³/mol. The third-order valence-corrected chi connectivity index (χ3v) is 5.20. The van der Waals surface area contributed by atoms with Gasteiger partial charge in [0.1, 0.15) is 0 Å². The van der Waals surface area contributed by atoms with E-state index in [1.807, 2.05) is 0 Å². The molecule has 0 spiro atoms. The highest BCUT2D eigenvalue weighted by molar-refractivity contribution is 6.31. The standard InChI is InChI=1S/C20H20Cl2N2O4/c21-7-11(25)9-23-15-5-6-16(24-10-12(26)8-22)18-17(15)19(27)13-3-1-2-4-14(13)20(18)28/h1-6,11-12,23-26H,7-10H2/t11-,12+. The highest BCUT2D eigenvalue weighted by Gasteiger charge is 2.33. The van der Waals surface area contributed by atoms with E-state index >= 15 is 0 Å². The fourth-order valence-corrected chi connectivity index (χ4v) is 3.30. The summed E-state index contributed by atoms with van der Waals surface area (Å²) in [4.78, 5) is 26.3. The fraction of sp³-hybridized carbons (Fsp3) is 0.300. The van der Waals surface area contributed by atoms with E-state index in [0.717, 1.165) is 0 Å². The van der Waals surface area contributed by atoms with Gasteiger partial charge in [-0.3, -0.25) is 9.59 Å². The van der Waals surface area contributed by atoms with Crippen molar-refractivity contribution >= 4 is 46.1 Å². The van der Waals surface area contributed by atoms with E-state index in [-0.39, 0.29) is 47.5 Å². The Balaban J connectivity index is 2.07. The van der Waals surface area contributed by atoms with Crippen LogP contribution in [-0.2, 0) is 0 Å². The van der Waals surface area contributed by atoms with Crippen molar-refractivity contribution in [1.29, 1.82) is 0 Å². The number of fused-ring (bicyclic) bond motifs is 2. The topological polar surface area (TPSA) is 98.7 Å². The van der Waals surface area contributed by atoms with Crippen LogP contribution < -0.4 is 10.6 Å². The minimum atomic E-state index is -0.796. The summed E-state index contributed by atoms with van der Waals surface area (Å²) in [5, 5.41) is 25.5. The molecule has 0 heterocycles. The van der Waals surface area contributed by atoms with Crippen molar-refractivity contribution in [2.45, 2.75) is 12.2 Å². The number of benzene rings is 2. The number of nitrogens with one attached hydrogen (secondary N) is 2. The quantitative estimate of drug-likeness (QED) is 0.416. The summed E-state index contributed by atoms with van der Waals surface area (Å²) in [6.45, 7) is 0.271. The molecule has 148 valence electrons.